The number of hydrogen-bond donors (Lipinski definition) is 1. The normalized spacial score (nSPS) is 14.2. The van der Waals surface area contributed by atoms with E-state index >= 15 is 0 Å². The summed E-state index contributed by atoms with van der Waals surface area (Å²) in [5.74, 6) is 2.68. The largest absolute Gasteiger partial charge is 0.493 e. The molecule has 0 aliphatic carbocycles. The quantitative estimate of drug-likeness (QED) is 0.788. The van der Waals surface area contributed by atoms with Crippen LogP contribution in [0.15, 0.2) is 24.3 Å². The Hall–Kier alpha value is -0.870. The van der Waals surface area contributed by atoms with Crippen LogP contribution >= 0.6 is 0 Å². The number of rotatable bonds is 8. The summed E-state index contributed by atoms with van der Waals surface area (Å²) in [4.78, 5) is 0. The molecule has 1 aromatic carbocycles. The van der Waals surface area contributed by atoms with E-state index in [0.717, 1.165) is 23.5 Å². The maximum atomic E-state index is 11.7. The third kappa shape index (κ3) is 5.65. The molecule has 0 fully saturated rings. The van der Waals surface area contributed by atoms with Gasteiger partial charge in [0.05, 0.1) is 12.4 Å². The fourth-order valence-corrected chi connectivity index (χ4v) is 2.84. The van der Waals surface area contributed by atoms with Crippen LogP contribution in [0.25, 0.3) is 0 Å². The highest BCUT2D eigenvalue weighted by Gasteiger charge is 2.06. The van der Waals surface area contributed by atoms with Crippen molar-refractivity contribution in [2.24, 2.45) is 11.7 Å². The molecule has 1 aromatic rings. The van der Waals surface area contributed by atoms with Crippen molar-refractivity contribution in [1.29, 1.82) is 0 Å². The molecule has 0 aliphatic rings. The minimum Gasteiger partial charge on any atom is -0.493 e. The van der Waals surface area contributed by atoms with Gasteiger partial charge in [-0.05, 0) is 23.6 Å². The van der Waals surface area contributed by atoms with Crippen molar-refractivity contribution >= 4 is 10.8 Å². The molecule has 0 amide bonds. The molecule has 102 valence electrons. The molecule has 0 bridgehead atoms. The lowest BCUT2D eigenvalue weighted by atomic mass is 10.2. The molecule has 2 unspecified atom stereocenters. The Labute approximate surface area is 112 Å². The van der Waals surface area contributed by atoms with Crippen molar-refractivity contribution in [2.75, 3.05) is 18.1 Å². The zero-order valence-corrected chi connectivity index (χ0v) is 12.0. The molecule has 4 heteroatoms. The first-order chi connectivity index (χ1) is 8.65. The van der Waals surface area contributed by atoms with Gasteiger partial charge in [0.2, 0.25) is 0 Å². The molecule has 1 rings (SSSR count). The highest BCUT2D eigenvalue weighted by molar-refractivity contribution is 7.85. The first-order valence-electron chi connectivity index (χ1n) is 6.42. The van der Waals surface area contributed by atoms with E-state index in [4.69, 9.17) is 10.5 Å². The van der Waals surface area contributed by atoms with Crippen LogP contribution in [0.5, 0.6) is 5.75 Å². The highest BCUT2D eigenvalue weighted by atomic mass is 32.2. The molecule has 3 nitrogen and oxygen atoms in total. The van der Waals surface area contributed by atoms with Crippen molar-refractivity contribution in [3.05, 3.63) is 29.8 Å². The van der Waals surface area contributed by atoms with Gasteiger partial charge in [0.1, 0.15) is 5.75 Å². The summed E-state index contributed by atoms with van der Waals surface area (Å²) in [7, 11) is -0.780. The summed E-state index contributed by atoms with van der Waals surface area (Å²) < 4.78 is 17.3. The summed E-state index contributed by atoms with van der Waals surface area (Å²) in [6.45, 7) is 5.26. The van der Waals surface area contributed by atoms with E-state index in [1.807, 2.05) is 24.3 Å². The van der Waals surface area contributed by atoms with Gasteiger partial charge in [-0.1, -0.05) is 32.4 Å². The van der Waals surface area contributed by atoms with E-state index in [0.29, 0.717) is 24.8 Å². The van der Waals surface area contributed by atoms with Crippen LogP contribution in [0.4, 0.5) is 0 Å². The topological polar surface area (TPSA) is 52.3 Å². The average molecular weight is 269 g/mol. The summed E-state index contributed by atoms with van der Waals surface area (Å²) in [5, 5.41) is 0. The SMILES string of the molecule is CCC(C)CS(=O)CCOc1cccc(CN)c1. The zero-order valence-electron chi connectivity index (χ0n) is 11.2. The number of benzene rings is 1. The smallest absolute Gasteiger partial charge is 0.119 e. The van der Waals surface area contributed by atoms with Gasteiger partial charge in [0.15, 0.2) is 0 Å². The lowest BCUT2D eigenvalue weighted by molar-refractivity contribution is 0.342. The van der Waals surface area contributed by atoms with E-state index in [9.17, 15) is 4.21 Å². The predicted molar refractivity (Wildman–Crippen MR) is 77.2 cm³/mol. The summed E-state index contributed by atoms with van der Waals surface area (Å²) in [5.41, 5.74) is 6.61. The van der Waals surface area contributed by atoms with E-state index in [2.05, 4.69) is 13.8 Å². The number of nitrogens with two attached hydrogens (primary N) is 1. The van der Waals surface area contributed by atoms with Crippen molar-refractivity contribution in [2.45, 2.75) is 26.8 Å². The van der Waals surface area contributed by atoms with Gasteiger partial charge < -0.3 is 10.5 Å². The Morgan fingerprint density at radius 2 is 2.22 bits per heavy atom. The van der Waals surface area contributed by atoms with Gasteiger partial charge in [0.25, 0.3) is 0 Å². The van der Waals surface area contributed by atoms with E-state index in [1.54, 1.807) is 0 Å². The van der Waals surface area contributed by atoms with Crippen molar-refractivity contribution in [1.82, 2.24) is 0 Å². The van der Waals surface area contributed by atoms with E-state index in [1.165, 1.54) is 0 Å². The fraction of sp³-hybridized carbons (Fsp3) is 0.571. The molecule has 0 saturated carbocycles. The molecule has 0 aromatic heterocycles. The van der Waals surface area contributed by atoms with Gasteiger partial charge in [-0.3, -0.25) is 4.21 Å². The summed E-state index contributed by atoms with van der Waals surface area (Å²) in [6, 6.07) is 7.72. The Bertz CT molecular complexity index is 382. The Balaban J connectivity index is 2.30. The van der Waals surface area contributed by atoms with Crippen LogP contribution < -0.4 is 10.5 Å². The molecule has 2 N–H and O–H groups in total. The molecular formula is C14H23NO2S. The van der Waals surface area contributed by atoms with Gasteiger partial charge in [-0.15, -0.1) is 0 Å². The van der Waals surface area contributed by atoms with Crippen LogP contribution in [0.2, 0.25) is 0 Å². The highest BCUT2D eigenvalue weighted by Crippen LogP contribution is 2.12. The third-order valence-corrected chi connectivity index (χ3v) is 4.44. The van der Waals surface area contributed by atoms with Gasteiger partial charge in [-0.25, -0.2) is 0 Å². The van der Waals surface area contributed by atoms with Crippen LogP contribution in [0, 0.1) is 5.92 Å². The third-order valence-electron chi connectivity index (χ3n) is 2.88. The molecule has 2 atom stereocenters. The fourth-order valence-electron chi connectivity index (χ4n) is 1.53. The lowest BCUT2D eigenvalue weighted by Crippen LogP contribution is -2.15. The first kappa shape index (κ1) is 15.2. The van der Waals surface area contributed by atoms with E-state index < -0.39 is 10.8 Å². The van der Waals surface area contributed by atoms with Crippen LogP contribution in [0.1, 0.15) is 25.8 Å². The summed E-state index contributed by atoms with van der Waals surface area (Å²) in [6.07, 6.45) is 1.07. The van der Waals surface area contributed by atoms with Gasteiger partial charge >= 0.3 is 0 Å². The van der Waals surface area contributed by atoms with Gasteiger partial charge in [0, 0.05) is 23.1 Å². The average Bonchev–Trinajstić information content (AvgIpc) is 2.38. The van der Waals surface area contributed by atoms with E-state index in [-0.39, 0.29) is 0 Å². The second kappa shape index (κ2) is 8.27. The molecule has 18 heavy (non-hydrogen) atoms. The van der Waals surface area contributed by atoms with Crippen LogP contribution in [-0.4, -0.2) is 22.3 Å². The predicted octanol–water partition coefficient (Wildman–Crippen LogP) is 2.32. The number of hydrogen-bond acceptors (Lipinski definition) is 3. The van der Waals surface area contributed by atoms with Crippen LogP contribution in [0.3, 0.4) is 0 Å². The van der Waals surface area contributed by atoms with Crippen molar-refractivity contribution in [3.63, 3.8) is 0 Å². The minimum atomic E-state index is -0.780. The van der Waals surface area contributed by atoms with Crippen LogP contribution in [-0.2, 0) is 17.3 Å². The Morgan fingerprint density at radius 3 is 2.89 bits per heavy atom. The maximum Gasteiger partial charge on any atom is 0.119 e. The molecule has 0 heterocycles. The van der Waals surface area contributed by atoms with Crippen molar-refractivity contribution in [3.8, 4) is 5.75 Å². The monoisotopic (exact) mass is 269 g/mol. The second-order valence-electron chi connectivity index (χ2n) is 4.52. The minimum absolute atomic E-state index is 0.497. The zero-order chi connectivity index (χ0) is 13.4. The Kier molecular flexibility index (Phi) is 6.98. The van der Waals surface area contributed by atoms with Crippen molar-refractivity contribution < 1.29 is 8.95 Å². The molecular weight excluding hydrogens is 246 g/mol. The second-order valence-corrected chi connectivity index (χ2v) is 6.15. The number of ether oxygens (including phenoxy) is 1. The summed E-state index contributed by atoms with van der Waals surface area (Å²) >= 11 is 0. The Morgan fingerprint density at radius 1 is 1.44 bits per heavy atom. The van der Waals surface area contributed by atoms with Gasteiger partial charge in [-0.2, -0.15) is 0 Å². The maximum absolute atomic E-state index is 11.7. The standard InChI is InChI=1S/C14H23NO2S/c1-3-12(2)11-18(16)8-7-17-14-6-4-5-13(9-14)10-15/h4-6,9,12H,3,7-8,10-11,15H2,1-2H3. The molecule has 0 saturated heterocycles. The molecule has 0 aliphatic heterocycles. The first-order valence-corrected chi connectivity index (χ1v) is 7.91. The molecule has 0 spiro atoms. The lowest BCUT2D eigenvalue weighted by Gasteiger charge is -2.09. The molecule has 0 radical (unpaired) electrons.